The molecule has 0 amide bonds. The summed E-state index contributed by atoms with van der Waals surface area (Å²) in [4.78, 5) is 6.46. The Balaban J connectivity index is 1.42. The number of rotatable bonds is 3. The van der Waals surface area contributed by atoms with Crippen LogP contribution in [-0.2, 0) is 10.2 Å². The lowest BCUT2D eigenvalue weighted by molar-refractivity contribution is -0.0477. The van der Waals surface area contributed by atoms with Gasteiger partial charge in [0.05, 0.1) is 29.7 Å². The number of morpholine rings is 1. The van der Waals surface area contributed by atoms with E-state index in [0.717, 1.165) is 24.1 Å². The van der Waals surface area contributed by atoms with Gasteiger partial charge in [0.1, 0.15) is 11.6 Å². The molecule has 0 N–H and O–H groups in total. The maximum Gasteiger partial charge on any atom is 0.324 e. The van der Waals surface area contributed by atoms with Crippen LogP contribution in [0.1, 0.15) is 49.7 Å². The van der Waals surface area contributed by atoms with Crippen molar-refractivity contribution >= 4 is 6.01 Å². The first-order chi connectivity index (χ1) is 15.8. The van der Waals surface area contributed by atoms with Crippen molar-refractivity contribution in [3.63, 3.8) is 0 Å². The molecule has 3 atom stereocenters. The molecule has 0 spiro atoms. The summed E-state index contributed by atoms with van der Waals surface area (Å²) in [5.74, 6) is -0.469. The molecule has 1 aromatic carbocycles. The average Bonchev–Trinajstić information content (AvgIpc) is 3.40. The van der Waals surface area contributed by atoms with E-state index in [-0.39, 0.29) is 34.1 Å². The molecule has 33 heavy (non-hydrogen) atoms. The third-order valence-electron chi connectivity index (χ3n) is 8.09. The van der Waals surface area contributed by atoms with Gasteiger partial charge in [0.25, 0.3) is 0 Å². The van der Waals surface area contributed by atoms with Crippen LogP contribution < -0.4 is 4.90 Å². The quantitative estimate of drug-likeness (QED) is 0.589. The number of ether oxygens (including phenoxy) is 1. The summed E-state index contributed by atoms with van der Waals surface area (Å²) in [5.41, 5.74) is 1.49. The highest BCUT2D eigenvalue weighted by atomic mass is 19.1. The Morgan fingerprint density at radius 1 is 1.15 bits per heavy atom. The summed E-state index contributed by atoms with van der Waals surface area (Å²) in [6.45, 7) is 8.09. The summed E-state index contributed by atoms with van der Waals surface area (Å²) in [7, 11) is 0. The summed E-state index contributed by atoms with van der Waals surface area (Å²) in [5, 5.41) is 12.8. The molecule has 2 aliphatic carbocycles. The van der Waals surface area contributed by atoms with E-state index in [1.54, 1.807) is 6.92 Å². The van der Waals surface area contributed by atoms with E-state index in [1.165, 1.54) is 18.2 Å². The van der Waals surface area contributed by atoms with Gasteiger partial charge in [0.2, 0.25) is 0 Å². The van der Waals surface area contributed by atoms with Crippen LogP contribution in [0.3, 0.4) is 0 Å². The Kier molecular flexibility index (Phi) is 4.40. The van der Waals surface area contributed by atoms with E-state index in [2.05, 4.69) is 39.1 Å². The molecule has 3 heterocycles. The Morgan fingerprint density at radius 3 is 2.67 bits per heavy atom. The second-order valence-electron chi connectivity index (χ2n) is 9.84. The largest absolute Gasteiger partial charge is 0.374 e. The second-order valence-corrected chi connectivity index (χ2v) is 9.84. The number of aryl methyl sites for hydroxylation is 1. The highest BCUT2D eigenvalue weighted by molar-refractivity contribution is 5.63. The van der Waals surface area contributed by atoms with Gasteiger partial charge in [0, 0.05) is 18.5 Å². The molecule has 172 valence electrons. The van der Waals surface area contributed by atoms with E-state index in [9.17, 15) is 8.78 Å². The standard InChI is InChI=1S/C24H25F2N5O2/c1-13-27-22(33-30-13)31-9-10-32-19(12-31)24-8-7-15(23(24,2)3)14-11-18(28-29-21(14)24)20-16(25)5-4-6-17(20)26/h4-6,11,15,19H,7-10,12H2,1-3H3/t15-,19-,24-/m0/s1. The number of hydrogen-bond acceptors (Lipinski definition) is 7. The van der Waals surface area contributed by atoms with Crippen molar-refractivity contribution in [2.24, 2.45) is 5.41 Å². The van der Waals surface area contributed by atoms with Crippen molar-refractivity contribution in [2.45, 2.75) is 51.0 Å². The first-order valence-corrected chi connectivity index (χ1v) is 11.3. The number of benzene rings is 1. The topological polar surface area (TPSA) is 77.2 Å². The van der Waals surface area contributed by atoms with Crippen LogP contribution in [0, 0.1) is 24.0 Å². The van der Waals surface area contributed by atoms with Gasteiger partial charge in [-0.2, -0.15) is 15.2 Å². The molecule has 2 aromatic heterocycles. The van der Waals surface area contributed by atoms with Crippen LogP contribution in [0.5, 0.6) is 0 Å². The molecule has 1 aliphatic heterocycles. The Labute approximate surface area is 190 Å². The number of anilines is 1. The van der Waals surface area contributed by atoms with Gasteiger partial charge in [-0.05, 0) is 54.9 Å². The average molecular weight is 453 g/mol. The van der Waals surface area contributed by atoms with Crippen LogP contribution in [0.4, 0.5) is 14.8 Å². The van der Waals surface area contributed by atoms with Crippen molar-refractivity contribution in [3.05, 3.63) is 53.0 Å². The van der Waals surface area contributed by atoms with Crippen LogP contribution in [0.25, 0.3) is 11.3 Å². The molecule has 3 aromatic rings. The number of aromatic nitrogens is 4. The van der Waals surface area contributed by atoms with Crippen molar-refractivity contribution in [2.75, 3.05) is 24.6 Å². The third-order valence-corrected chi connectivity index (χ3v) is 8.09. The van der Waals surface area contributed by atoms with Crippen LogP contribution in [-0.4, -0.2) is 46.1 Å². The molecule has 2 bridgehead atoms. The molecular formula is C24H25F2N5O2. The second kappa shape index (κ2) is 7.03. The smallest absolute Gasteiger partial charge is 0.324 e. The van der Waals surface area contributed by atoms with E-state index >= 15 is 0 Å². The summed E-state index contributed by atoms with van der Waals surface area (Å²) >= 11 is 0. The highest BCUT2D eigenvalue weighted by Gasteiger charge is 2.67. The zero-order valence-corrected chi connectivity index (χ0v) is 18.8. The van der Waals surface area contributed by atoms with Gasteiger partial charge in [-0.3, -0.25) is 0 Å². The minimum absolute atomic E-state index is 0.130. The fraction of sp³-hybridized carbons (Fsp3) is 0.500. The van der Waals surface area contributed by atoms with Crippen LogP contribution >= 0.6 is 0 Å². The lowest BCUT2D eigenvalue weighted by Crippen LogP contribution is -2.56. The van der Waals surface area contributed by atoms with Crippen molar-refractivity contribution in [1.29, 1.82) is 0 Å². The molecule has 0 radical (unpaired) electrons. The molecule has 1 saturated heterocycles. The first kappa shape index (κ1) is 20.7. The van der Waals surface area contributed by atoms with Crippen molar-refractivity contribution < 1.29 is 18.0 Å². The van der Waals surface area contributed by atoms with Crippen LogP contribution in [0.2, 0.25) is 0 Å². The Bertz CT molecular complexity index is 1230. The number of nitrogens with zero attached hydrogens (tertiary/aromatic N) is 5. The number of halogens is 2. The zero-order chi connectivity index (χ0) is 23.0. The monoisotopic (exact) mass is 453 g/mol. The fourth-order valence-corrected chi connectivity index (χ4v) is 6.48. The van der Waals surface area contributed by atoms with E-state index < -0.39 is 11.6 Å². The third kappa shape index (κ3) is 2.74. The predicted octanol–water partition coefficient (Wildman–Crippen LogP) is 4.17. The molecule has 3 aliphatic rings. The molecule has 1 saturated carbocycles. The molecule has 2 fully saturated rings. The first-order valence-electron chi connectivity index (χ1n) is 11.3. The van der Waals surface area contributed by atoms with Crippen molar-refractivity contribution in [1.82, 2.24) is 20.3 Å². The predicted molar refractivity (Wildman–Crippen MR) is 116 cm³/mol. The van der Waals surface area contributed by atoms with Gasteiger partial charge in [-0.15, -0.1) is 0 Å². The maximum atomic E-state index is 14.4. The van der Waals surface area contributed by atoms with Crippen LogP contribution in [0.15, 0.2) is 28.8 Å². The van der Waals surface area contributed by atoms with Gasteiger partial charge < -0.3 is 14.2 Å². The van der Waals surface area contributed by atoms with Gasteiger partial charge >= 0.3 is 6.01 Å². The molecule has 9 heteroatoms. The number of hydrogen-bond donors (Lipinski definition) is 0. The molecule has 6 rings (SSSR count). The Morgan fingerprint density at radius 2 is 1.94 bits per heavy atom. The van der Waals surface area contributed by atoms with Gasteiger partial charge in [0.15, 0.2) is 5.82 Å². The fourth-order valence-electron chi connectivity index (χ4n) is 6.48. The van der Waals surface area contributed by atoms with Gasteiger partial charge in [-0.25, -0.2) is 8.78 Å². The minimum Gasteiger partial charge on any atom is -0.374 e. The zero-order valence-electron chi connectivity index (χ0n) is 18.8. The summed E-state index contributed by atoms with van der Waals surface area (Å²) in [6.07, 6.45) is 1.73. The van der Waals surface area contributed by atoms with E-state index in [4.69, 9.17) is 9.26 Å². The highest BCUT2D eigenvalue weighted by Crippen LogP contribution is 2.69. The summed E-state index contributed by atoms with van der Waals surface area (Å²) in [6, 6.07) is 6.17. The lowest BCUT2D eigenvalue weighted by atomic mass is 9.64. The molecule has 7 nitrogen and oxygen atoms in total. The molecular weight excluding hydrogens is 428 g/mol. The SMILES string of the molecule is Cc1noc(N2CCO[C@H]([C@@]34CC[C@@H](c5cc(-c6c(F)cccc6F)nnc53)C4(C)C)C2)n1. The summed E-state index contributed by atoms with van der Waals surface area (Å²) < 4.78 is 40.7. The molecule has 0 unspecified atom stereocenters. The van der Waals surface area contributed by atoms with Crippen molar-refractivity contribution in [3.8, 4) is 11.3 Å². The van der Waals surface area contributed by atoms with Gasteiger partial charge in [-0.1, -0.05) is 25.1 Å². The van der Waals surface area contributed by atoms with E-state index in [1.807, 2.05) is 6.07 Å². The normalized spacial score (nSPS) is 27.7. The minimum atomic E-state index is -0.637. The Hall–Kier alpha value is -2.94. The lowest BCUT2D eigenvalue weighted by Gasteiger charge is -2.47. The maximum absolute atomic E-state index is 14.4. The van der Waals surface area contributed by atoms with E-state index in [0.29, 0.717) is 31.5 Å². The number of fused-ring (bicyclic) bond motifs is 5.